The molecule has 2 N–H and O–H groups in total. The van der Waals surface area contributed by atoms with Crippen molar-refractivity contribution in [1.29, 1.82) is 0 Å². The van der Waals surface area contributed by atoms with Gasteiger partial charge in [0, 0.05) is 18.8 Å². The van der Waals surface area contributed by atoms with Crippen molar-refractivity contribution in [2.45, 2.75) is 47.1 Å². The molecule has 0 atom stereocenters. The van der Waals surface area contributed by atoms with E-state index >= 15 is 0 Å². The smallest absolute Gasteiger partial charge is 0.214 e. The minimum absolute atomic E-state index is 0.0106. The van der Waals surface area contributed by atoms with E-state index in [-0.39, 0.29) is 11.2 Å². The number of nitrogen functional groups attached to an aromatic ring is 1. The predicted molar refractivity (Wildman–Crippen MR) is 89.4 cm³/mol. The topological polar surface area (TPSA) is 63.4 Å². The summed E-state index contributed by atoms with van der Waals surface area (Å²) < 4.78 is 26.7. The second-order valence-electron chi connectivity index (χ2n) is 6.66. The molecule has 0 fully saturated rings. The molecule has 1 aromatic rings. The minimum atomic E-state index is -3.25. The maximum atomic E-state index is 12.6. The fourth-order valence-corrected chi connectivity index (χ4v) is 3.92. The summed E-state index contributed by atoms with van der Waals surface area (Å²) >= 11 is 0. The molecule has 0 amide bonds. The Morgan fingerprint density at radius 2 is 1.81 bits per heavy atom. The van der Waals surface area contributed by atoms with E-state index in [1.807, 2.05) is 25.1 Å². The van der Waals surface area contributed by atoms with Gasteiger partial charge in [0.15, 0.2) is 0 Å². The second kappa shape index (κ2) is 7.27. The van der Waals surface area contributed by atoms with E-state index in [2.05, 4.69) is 20.8 Å². The van der Waals surface area contributed by atoms with Crippen LogP contribution in [0.3, 0.4) is 0 Å². The first-order valence-corrected chi connectivity index (χ1v) is 9.08. The van der Waals surface area contributed by atoms with Crippen molar-refractivity contribution >= 4 is 15.7 Å². The summed E-state index contributed by atoms with van der Waals surface area (Å²) in [4.78, 5) is 0. The lowest BCUT2D eigenvalue weighted by atomic mass is 9.94. The van der Waals surface area contributed by atoms with Crippen molar-refractivity contribution in [3.05, 3.63) is 29.8 Å². The highest BCUT2D eigenvalue weighted by Crippen LogP contribution is 2.22. The van der Waals surface area contributed by atoms with Crippen molar-refractivity contribution < 1.29 is 8.42 Å². The Bertz CT molecular complexity index is 548. The van der Waals surface area contributed by atoms with Gasteiger partial charge < -0.3 is 5.73 Å². The number of nitrogens with two attached hydrogens (primary N) is 1. The largest absolute Gasteiger partial charge is 0.398 e. The van der Waals surface area contributed by atoms with Crippen molar-refractivity contribution in [2.24, 2.45) is 5.41 Å². The first-order valence-electron chi connectivity index (χ1n) is 7.47. The number of anilines is 1. The van der Waals surface area contributed by atoms with E-state index in [0.29, 0.717) is 25.2 Å². The lowest BCUT2D eigenvalue weighted by Crippen LogP contribution is -2.34. The van der Waals surface area contributed by atoms with Crippen molar-refractivity contribution in [2.75, 3.05) is 18.0 Å². The summed E-state index contributed by atoms with van der Waals surface area (Å²) in [5, 5.41) is 0. The molecule has 0 spiro atoms. The highest BCUT2D eigenvalue weighted by molar-refractivity contribution is 7.89. The van der Waals surface area contributed by atoms with Crippen LogP contribution in [0.15, 0.2) is 24.3 Å². The standard InChI is InChI=1S/C16H28N2O2S/c1-5-11-18(13-14-8-6-7-9-15(14)17)21(19,20)12-10-16(2,3)4/h6-9H,5,10-13,17H2,1-4H3. The number of para-hydroxylation sites is 1. The molecule has 0 heterocycles. The molecular weight excluding hydrogens is 284 g/mol. The van der Waals surface area contributed by atoms with Gasteiger partial charge in [0.05, 0.1) is 5.75 Å². The number of sulfonamides is 1. The predicted octanol–water partition coefficient (Wildman–Crippen LogP) is 3.25. The molecule has 0 bridgehead atoms. The Morgan fingerprint density at radius 1 is 1.19 bits per heavy atom. The molecule has 0 unspecified atom stereocenters. The van der Waals surface area contributed by atoms with Crippen LogP contribution in [0.4, 0.5) is 5.69 Å². The Morgan fingerprint density at radius 3 is 2.33 bits per heavy atom. The normalized spacial score (nSPS) is 12.8. The summed E-state index contributed by atoms with van der Waals surface area (Å²) in [6, 6.07) is 7.44. The minimum Gasteiger partial charge on any atom is -0.398 e. The Hall–Kier alpha value is -1.07. The van der Waals surface area contributed by atoms with Gasteiger partial charge >= 0.3 is 0 Å². The number of hydrogen-bond acceptors (Lipinski definition) is 3. The Labute approximate surface area is 129 Å². The molecule has 0 aromatic heterocycles. The van der Waals surface area contributed by atoms with E-state index in [1.54, 1.807) is 10.4 Å². The maximum absolute atomic E-state index is 12.6. The zero-order chi connectivity index (χ0) is 16.1. The van der Waals surface area contributed by atoms with Gasteiger partial charge in [0.2, 0.25) is 10.0 Å². The van der Waals surface area contributed by atoms with Crippen molar-refractivity contribution in [3.8, 4) is 0 Å². The second-order valence-corrected chi connectivity index (χ2v) is 8.75. The van der Waals surface area contributed by atoms with Crippen LogP contribution in [0.2, 0.25) is 0 Å². The van der Waals surface area contributed by atoms with Crippen LogP contribution in [0.25, 0.3) is 0 Å². The summed E-state index contributed by atoms with van der Waals surface area (Å²) in [6.45, 7) is 9.04. The molecule has 0 saturated carbocycles. The van der Waals surface area contributed by atoms with Gasteiger partial charge in [-0.25, -0.2) is 8.42 Å². The van der Waals surface area contributed by atoms with Crippen molar-refractivity contribution in [3.63, 3.8) is 0 Å². The van der Waals surface area contributed by atoms with Gasteiger partial charge in [0.25, 0.3) is 0 Å². The molecule has 0 aliphatic carbocycles. The summed E-state index contributed by atoms with van der Waals surface area (Å²) in [5.41, 5.74) is 7.45. The van der Waals surface area contributed by atoms with Gasteiger partial charge in [0.1, 0.15) is 0 Å². The van der Waals surface area contributed by atoms with Gasteiger partial charge in [-0.15, -0.1) is 0 Å². The number of rotatable bonds is 7. The van der Waals surface area contributed by atoms with Crippen LogP contribution in [0.5, 0.6) is 0 Å². The molecular formula is C16H28N2O2S. The molecule has 0 aliphatic rings. The van der Waals surface area contributed by atoms with E-state index in [4.69, 9.17) is 5.73 Å². The summed E-state index contributed by atoms with van der Waals surface area (Å²) in [7, 11) is -3.25. The molecule has 0 radical (unpaired) electrons. The van der Waals surface area contributed by atoms with Crippen molar-refractivity contribution in [1.82, 2.24) is 4.31 Å². The van der Waals surface area contributed by atoms with Crippen LogP contribution in [0.1, 0.15) is 46.1 Å². The third-order valence-corrected chi connectivity index (χ3v) is 5.20. The molecule has 5 heteroatoms. The lowest BCUT2D eigenvalue weighted by molar-refractivity contribution is 0.375. The van der Waals surface area contributed by atoms with Crippen LogP contribution in [-0.4, -0.2) is 25.0 Å². The number of nitrogens with zero attached hydrogens (tertiary/aromatic N) is 1. The molecule has 4 nitrogen and oxygen atoms in total. The average Bonchev–Trinajstić information content (AvgIpc) is 2.38. The number of hydrogen-bond donors (Lipinski definition) is 1. The van der Waals surface area contributed by atoms with E-state index in [1.165, 1.54) is 0 Å². The summed E-state index contributed by atoms with van der Waals surface area (Å²) in [5.74, 6) is 0.184. The van der Waals surface area contributed by atoms with E-state index in [0.717, 1.165) is 12.0 Å². The zero-order valence-corrected chi connectivity index (χ0v) is 14.4. The average molecular weight is 312 g/mol. The Kier molecular flexibility index (Phi) is 6.23. The molecule has 0 saturated heterocycles. The third-order valence-electron chi connectivity index (χ3n) is 3.38. The van der Waals surface area contributed by atoms with Gasteiger partial charge in [-0.2, -0.15) is 4.31 Å². The van der Waals surface area contributed by atoms with Crippen LogP contribution >= 0.6 is 0 Å². The summed E-state index contributed by atoms with van der Waals surface area (Å²) in [6.07, 6.45) is 1.45. The fourth-order valence-electron chi connectivity index (χ4n) is 2.00. The number of benzene rings is 1. The van der Waals surface area contributed by atoms with Crippen LogP contribution < -0.4 is 5.73 Å². The molecule has 21 heavy (non-hydrogen) atoms. The Balaban J connectivity index is 2.88. The lowest BCUT2D eigenvalue weighted by Gasteiger charge is -2.25. The van der Waals surface area contributed by atoms with E-state index < -0.39 is 10.0 Å². The highest BCUT2D eigenvalue weighted by atomic mass is 32.2. The molecule has 1 rings (SSSR count). The fraction of sp³-hybridized carbons (Fsp3) is 0.625. The zero-order valence-electron chi connectivity index (χ0n) is 13.6. The SMILES string of the molecule is CCCN(Cc1ccccc1N)S(=O)(=O)CCC(C)(C)C. The van der Waals surface area contributed by atoms with E-state index in [9.17, 15) is 8.42 Å². The van der Waals surface area contributed by atoms with Gasteiger partial charge in [-0.1, -0.05) is 45.9 Å². The van der Waals surface area contributed by atoms with Gasteiger partial charge in [-0.05, 0) is 29.9 Å². The maximum Gasteiger partial charge on any atom is 0.214 e. The quantitative estimate of drug-likeness (QED) is 0.786. The van der Waals surface area contributed by atoms with Crippen LogP contribution in [0, 0.1) is 5.41 Å². The first-order chi connectivity index (χ1) is 9.65. The highest BCUT2D eigenvalue weighted by Gasteiger charge is 2.24. The molecule has 0 aliphatic heterocycles. The van der Waals surface area contributed by atoms with Crippen LogP contribution in [-0.2, 0) is 16.6 Å². The molecule has 120 valence electrons. The first kappa shape index (κ1) is 18.0. The third kappa shape index (κ3) is 6.06. The van der Waals surface area contributed by atoms with Gasteiger partial charge in [-0.3, -0.25) is 0 Å². The molecule has 1 aromatic carbocycles. The monoisotopic (exact) mass is 312 g/mol.